The van der Waals surface area contributed by atoms with Crippen LogP contribution < -0.4 is 0 Å². The summed E-state index contributed by atoms with van der Waals surface area (Å²) in [5.41, 5.74) is 0. The van der Waals surface area contributed by atoms with Gasteiger partial charge in [-0.25, -0.2) is 0 Å². The molecule has 25 heavy (non-hydrogen) atoms. The number of hydrogen-bond acceptors (Lipinski definition) is 8. The van der Waals surface area contributed by atoms with Crippen molar-refractivity contribution in [3.05, 3.63) is 0 Å². The minimum atomic E-state index is -3.91. The topological polar surface area (TPSA) is 73.8 Å². The Bertz CT molecular complexity index is 217. The first-order chi connectivity index (χ1) is 12.2. The van der Waals surface area contributed by atoms with Gasteiger partial charge in [-0.2, -0.15) is 0 Å². The maximum absolute atomic E-state index is 5.90. The zero-order valence-electron chi connectivity index (χ0n) is 16.3. The second kappa shape index (κ2) is 19.2. The Morgan fingerprint density at radius 3 is 0.840 bits per heavy atom. The van der Waals surface area contributed by atoms with Crippen LogP contribution in [-0.2, 0) is 50.4 Å². The predicted molar refractivity (Wildman–Crippen MR) is 89.8 cm³/mol. The van der Waals surface area contributed by atoms with Crippen LogP contribution in [0.5, 0.6) is 0 Å². The maximum atomic E-state index is 5.90. The van der Waals surface area contributed by atoms with Crippen molar-refractivity contribution in [1.82, 2.24) is 0 Å². The van der Waals surface area contributed by atoms with E-state index in [1.807, 2.05) is 27.7 Å². The molecule has 0 fully saturated rings. The van der Waals surface area contributed by atoms with Crippen LogP contribution in [0.15, 0.2) is 0 Å². The van der Waals surface area contributed by atoms with Gasteiger partial charge in [0.05, 0.1) is 0 Å². The molecule has 0 spiro atoms. The van der Waals surface area contributed by atoms with E-state index in [9.17, 15) is 0 Å². The molecule has 0 saturated heterocycles. The van der Waals surface area contributed by atoms with Gasteiger partial charge >= 0.3 is 157 Å². The molecule has 0 atom stereocenters. The third kappa shape index (κ3) is 15.2. The molecule has 0 radical (unpaired) electrons. The normalized spacial score (nSPS) is 12.0. The molecule has 152 valence electrons. The van der Waals surface area contributed by atoms with Crippen molar-refractivity contribution in [1.29, 1.82) is 0 Å². The van der Waals surface area contributed by atoms with Crippen molar-refractivity contribution >= 4 is 0 Å². The number of rotatable bonds is 20. The molecule has 0 amide bonds. The summed E-state index contributed by atoms with van der Waals surface area (Å²) in [6, 6.07) is 0. The van der Waals surface area contributed by atoms with Gasteiger partial charge in [-0.05, 0) is 0 Å². The molecular formula is C16H36O8Ti. The average Bonchev–Trinajstić information content (AvgIpc) is 2.63. The third-order valence-corrected chi connectivity index (χ3v) is 6.33. The van der Waals surface area contributed by atoms with Crippen LogP contribution in [0.25, 0.3) is 0 Å². The van der Waals surface area contributed by atoms with Crippen LogP contribution in [0.2, 0.25) is 0 Å². The molecule has 0 saturated carbocycles. The Labute approximate surface area is 157 Å². The SMILES string of the molecule is CCOCC[O][Ti]([O]CCOCC)([O]CCOCC)[O]CCOCC. The van der Waals surface area contributed by atoms with Gasteiger partial charge in [-0.15, -0.1) is 0 Å². The molecule has 8 nitrogen and oxygen atoms in total. The van der Waals surface area contributed by atoms with E-state index in [4.69, 9.17) is 32.2 Å². The fourth-order valence-electron chi connectivity index (χ4n) is 1.73. The van der Waals surface area contributed by atoms with Crippen LogP contribution in [0.4, 0.5) is 0 Å². The molecule has 0 aromatic rings. The van der Waals surface area contributed by atoms with E-state index < -0.39 is 18.1 Å². The summed E-state index contributed by atoms with van der Waals surface area (Å²) in [6.45, 7) is 13.5. The van der Waals surface area contributed by atoms with Crippen molar-refractivity contribution in [3.63, 3.8) is 0 Å². The van der Waals surface area contributed by atoms with Crippen LogP contribution in [0.3, 0.4) is 0 Å². The van der Waals surface area contributed by atoms with Crippen LogP contribution >= 0.6 is 0 Å². The van der Waals surface area contributed by atoms with E-state index in [0.717, 1.165) is 0 Å². The summed E-state index contributed by atoms with van der Waals surface area (Å²) in [5, 5.41) is 0. The second-order valence-corrected chi connectivity index (χ2v) is 8.05. The van der Waals surface area contributed by atoms with Gasteiger partial charge in [0.15, 0.2) is 0 Å². The van der Waals surface area contributed by atoms with Gasteiger partial charge in [-0.3, -0.25) is 0 Å². The Morgan fingerprint density at radius 1 is 0.400 bits per heavy atom. The van der Waals surface area contributed by atoms with E-state index in [0.29, 0.717) is 79.3 Å². The summed E-state index contributed by atoms with van der Waals surface area (Å²) >= 11 is -3.91. The van der Waals surface area contributed by atoms with Gasteiger partial charge in [-0.1, -0.05) is 0 Å². The number of ether oxygens (including phenoxy) is 4. The molecule has 0 rings (SSSR count). The predicted octanol–water partition coefficient (Wildman–Crippen LogP) is 2.01. The van der Waals surface area contributed by atoms with E-state index in [1.165, 1.54) is 0 Å². The summed E-state index contributed by atoms with van der Waals surface area (Å²) in [7, 11) is 0. The van der Waals surface area contributed by atoms with Crippen LogP contribution in [0, 0.1) is 0 Å². The molecule has 0 aliphatic rings. The molecule has 0 aromatic carbocycles. The van der Waals surface area contributed by atoms with Crippen LogP contribution in [0.1, 0.15) is 27.7 Å². The number of hydrogen-bond donors (Lipinski definition) is 0. The first-order valence-electron chi connectivity index (χ1n) is 9.11. The summed E-state index contributed by atoms with van der Waals surface area (Å²) < 4.78 is 44.9. The van der Waals surface area contributed by atoms with Gasteiger partial charge in [0.2, 0.25) is 0 Å². The zero-order valence-corrected chi connectivity index (χ0v) is 17.8. The fraction of sp³-hybridized carbons (Fsp3) is 1.00. The average molecular weight is 404 g/mol. The summed E-state index contributed by atoms with van der Waals surface area (Å²) in [6.07, 6.45) is 0. The Kier molecular flexibility index (Phi) is 19.5. The van der Waals surface area contributed by atoms with Gasteiger partial charge in [0.1, 0.15) is 0 Å². The van der Waals surface area contributed by atoms with Crippen LogP contribution in [-0.4, -0.2) is 79.3 Å². The molecule has 0 aliphatic heterocycles. The molecule has 0 aromatic heterocycles. The molecule has 0 bridgehead atoms. The third-order valence-electron chi connectivity index (χ3n) is 2.84. The monoisotopic (exact) mass is 404 g/mol. The quantitative estimate of drug-likeness (QED) is 0.225. The standard InChI is InChI=1S/4C4H9O2.Ti/c4*1-2-6-4-3-5;/h4*2-4H2,1H3;/q4*-1;+4. The van der Waals surface area contributed by atoms with E-state index in [2.05, 4.69) is 0 Å². The van der Waals surface area contributed by atoms with Crippen molar-refractivity contribution in [2.24, 2.45) is 0 Å². The summed E-state index contributed by atoms with van der Waals surface area (Å²) in [5.74, 6) is 0. The molecule has 0 unspecified atom stereocenters. The first-order valence-corrected chi connectivity index (χ1v) is 11.7. The van der Waals surface area contributed by atoms with E-state index in [1.54, 1.807) is 0 Å². The van der Waals surface area contributed by atoms with Gasteiger partial charge in [0.25, 0.3) is 0 Å². The Morgan fingerprint density at radius 2 is 0.640 bits per heavy atom. The van der Waals surface area contributed by atoms with Crippen molar-refractivity contribution < 1.29 is 50.4 Å². The molecular weight excluding hydrogens is 368 g/mol. The van der Waals surface area contributed by atoms with E-state index >= 15 is 0 Å². The molecule has 9 heteroatoms. The minimum absolute atomic E-state index is 0.353. The fourth-order valence-corrected chi connectivity index (χ4v) is 4.59. The van der Waals surface area contributed by atoms with E-state index in [-0.39, 0.29) is 0 Å². The Balaban J connectivity index is 4.62. The molecule has 0 N–H and O–H groups in total. The summed E-state index contributed by atoms with van der Waals surface area (Å²) in [4.78, 5) is 0. The van der Waals surface area contributed by atoms with Crippen molar-refractivity contribution in [2.45, 2.75) is 27.7 Å². The van der Waals surface area contributed by atoms with Crippen molar-refractivity contribution in [2.75, 3.05) is 79.3 Å². The molecule has 0 aliphatic carbocycles. The van der Waals surface area contributed by atoms with Gasteiger partial charge < -0.3 is 0 Å². The second-order valence-electron chi connectivity index (χ2n) is 4.68. The first kappa shape index (κ1) is 25.4. The van der Waals surface area contributed by atoms with Crippen molar-refractivity contribution in [3.8, 4) is 0 Å². The zero-order chi connectivity index (χ0) is 18.6. The van der Waals surface area contributed by atoms with Gasteiger partial charge in [0, 0.05) is 0 Å². The molecule has 0 heterocycles. The Hall–Kier alpha value is 0.394.